The molecule has 0 spiro atoms. The fraction of sp³-hybridized carbons (Fsp3) is 0.273. The van der Waals surface area contributed by atoms with Crippen LogP contribution in [0.3, 0.4) is 0 Å². The lowest BCUT2D eigenvalue weighted by atomic mass is 10.00. The molecule has 3 aromatic rings. The molecule has 0 radical (unpaired) electrons. The summed E-state index contributed by atoms with van der Waals surface area (Å²) in [6, 6.07) is 16.4. The molecule has 0 atom stereocenters. The van der Waals surface area contributed by atoms with Gasteiger partial charge in [0.15, 0.2) is 0 Å². The van der Waals surface area contributed by atoms with Gasteiger partial charge in [0, 0.05) is 40.3 Å². The molecule has 2 aromatic carbocycles. The monoisotopic (exact) mass is 454 g/mol. The van der Waals surface area contributed by atoms with Crippen molar-refractivity contribution < 1.29 is 0 Å². The van der Waals surface area contributed by atoms with Crippen molar-refractivity contribution >= 4 is 45.0 Å². The summed E-state index contributed by atoms with van der Waals surface area (Å²) in [5.41, 5.74) is 4.82. The molecule has 0 saturated heterocycles. The van der Waals surface area contributed by atoms with Gasteiger partial charge in [-0.3, -0.25) is 0 Å². The summed E-state index contributed by atoms with van der Waals surface area (Å²) in [6.07, 6.45) is 3.45. The van der Waals surface area contributed by atoms with E-state index in [1.165, 1.54) is 24.0 Å². The summed E-state index contributed by atoms with van der Waals surface area (Å²) in [5, 5.41) is 4.03. The highest BCUT2D eigenvalue weighted by atomic mass is 79.9. The first-order valence-corrected chi connectivity index (χ1v) is 10.7. The van der Waals surface area contributed by atoms with Crippen molar-refractivity contribution in [3.05, 3.63) is 74.8 Å². The molecule has 0 bridgehead atoms. The Morgan fingerprint density at radius 2 is 1.93 bits per heavy atom. The number of halogens is 2. The van der Waals surface area contributed by atoms with Gasteiger partial charge in [0.1, 0.15) is 5.82 Å². The number of aromatic nitrogens is 2. The molecule has 0 unspecified atom stereocenters. The Balaban J connectivity index is 1.45. The lowest BCUT2D eigenvalue weighted by Crippen LogP contribution is -2.31. The third kappa shape index (κ3) is 3.87. The van der Waals surface area contributed by atoms with Gasteiger partial charge in [0.05, 0.1) is 5.69 Å². The van der Waals surface area contributed by atoms with Crippen LogP contribution < -0.4 is 10.2 Å². The predicted octanol–water partition coefficient (Wildman–Crippen LogP) is 6.08. The third-order valence-corrected chi connectivity index (χ3v) is 6.04. The third-order valence-electron chi connectivity index (χ3n) is 5.31. The average Bonchev–Trinajstić information content (AvgIpc) is 3.53. The van der Waals surface area contributed by atoms with Crippen molar-refractivity contribution in [1.29, 1.82) is 0 Å². The Labute approximate surface area is 178 Å². The van der Waals surface area contributed by atoms with E-state index in [9.17, 15) is 0 Å². The zero-order valence-corrected chi connectivity index (χ0v) is 17.7. The lowest BCUT2D eigenvalue weighted by molar-refractivity contribution is 0.717. The van der Waals surface area contributed by atoms with Crippen LogP contribution in [0.4, 0.5) is 17.5 Å². The fourth-order valence-electron chi connectivity index (χ4n) is 3.67. The second kappa shape index (κ2) is 7.37. The van der Waals surface area contributed by atoms with Gasteiger partial charge in [-0.05, 0) is 60.7 Å². The van der Waals surface area contributed by atoms with Crippen LogP contribution in [-0.2, 0) is 13.0 Å². The van der Waals surface area contributed by atoms with Gasteiger partial charge in [-0.2, -0.15) is 4.98 Å². The highest BCUT2D eigenvalue weighted by Crippen LogP contribution is 2.40. The van der Waals surface area contributed by atoms with Gasteiger partial charge in [0.2, 0.25) is 5.95 Å². The van der Waals surface area contributed by atoms with Crippen molar-refractivity contribution in [2.45, 2.75) is 31.7 Å². The van der Waals surface area contributed by atoms with Crippen molar-refractivity contribution in [1.82, 2.24) is 9.97 Å². The molecule has 1 saturated carbocycles. The van der Waals surface area contributed by atoms with Crippen LogP contribution in [0.1, 0.15) is 35.6 Å². The Morgan fingerprint density at radius 1 is 1.04 bits per heavy atom. The Morgan fingerprint density at radius 3 is 2.75 bits per heavy atom. The van der Waals surface area contributed by atoms with Crippen LogP contribution in [-0.4, -0.2) is 16.5 Å². The van der Waals surface area contributed by atoms with Crippen LogP contribution in [0, 0.1) is 0 Å². The van der Waals surface area contributed by atoms with Gasteiger partial charge in [-0.15, -0.1) is 0 Å². The molecule has 142 valence electrons. The van der Waals surface area contributed by atoms with Gasteiger partial charge in [0.25, 0.3) is 0 Å². The molecule has 1 N–H and O–H groups in total. The van der Waals surface area contributed by atoms with Crippen molar-refractivity contribution in [2.75, 3.05) is 16.8 Å². The Bertz CT molecular complexity index is 1030. The largest absolute Gasteiger partial charge is 0.352 e. The minimum absolute atomic E-state index is 0.565. The summed E-state index contributed by atoms with van der Waals surface area (Å²) in [5.74, 6) is 2.20. The van der Waals surface area contributed by atoms with Gasteiger partial charge in [-0.1, -0.05) is 39.7 Å². The van der Waals surface area contributed by atoms with E-state index in [0.29, 0.717) is 16.9 Å². The molecule has 2 aliphatic rings. The first-order chi connectivity index (χ1) is 13.6. The Kier molecular flexibility index (Phi) is 4.73. The van der Waals surface area contributed by atoms with Crippen LogP contribution in [0.5, 0.6) is 0 Å². The van der Waals surface area contributed by atoms with Gasteiger partial charge < -0.3 is 10.2 Å². The molecule has 1 aliphatic carbocycles. The summed E-state index contributed by atoms with van der Waals surface area (Å²) >= 11 is 9.70. The van der Waals surface area contributed by atoms with Gasteiger partial charge in [-0.25, -0.2) is 4.98 Å². The van der Waals surface area contributed by atoms with E-state index in [-0.39, 0.29) is 0 Å². The number of hydrogen-bond acceptors (Lipinski definition) is 4. The number of benzene rings is 2. The van der Waals surface area contributed by atoms with Crippen molar-refractivity contribution in [2.24, 2.45) is 0 Å². The normalized spacial score (nSPS) is 16.0. The topological polar surface area (TPSA) is 41.1 Å². The second-order valence-corrected chi connectivity index (χ2v) is 8.82. The summed E-state index contributed by atoms with van der Waals surface area (Å²) in [6.45, 7) is 1.83. The SMILES string of the molecule is Clc1cccc(Nc2nc(C3CC3)cc(N3CCc4cc(Br)ccc4C3)n2)c1. The second-order valence-electron chi connectivity index (χ2n) is 7.47. The van der Waals surface area contributed by atoms with E-state index in [4.69, 9.17) is 21.6 Å². The quantitative estimate of drug-likeness (QED) is 0.518. The minimum atomic E-state index is 0.565. The zero-order chi connectivity index (χ0) is 19.1. The summed E-state index contributed by atoms with van der Waals surface area (Å²) in [7, 11) is 0. The molecular formula is C22H20BrClN4. The molecule has 6 heteroatoms. The predicted molar refractivity (Wildman–Crippen MR) is 118 cm³/mol. The molecule has 0 amide bonds. The van der Waals surface area contributed by atoms with E-state index in [2.05, 4.69) is 50.4 Å². The molecule has 4 nitrogen and oxygen atoms in total. The summed E-state index contributed by atoms with van der Waals surface area (Å²) in [4.78, 5) is 12.0. The first kappa shape index (κ1) is 18.0. The molecule has 1 aliphatic heterocycles. The molecule has 1 fully saturated rings. The van der Waals surface area contributed by atoms with E-state index in [1.807, 2.05) is 24.3 Å². The average molecular weight is 456 g/mol. The number of rotatable bonds is 4. The van der Waals surface area contributed by atoms with Crippen LogP contribution in [0.25, 0.3) is 0 Å². The zero-order valence-electron chi connectivity index (χ0n) is 15.3. The van der Waals surface area contributed by atoms with Crippen molar-refractivity contribution in [3.8, 4) is 0 Å². The fourth-order valence-corrected chi connectivity index (χ4v) is 4.27. The Hall–Kier alpha value is -2.11. The maximum atomic E-state index is 6.12. The highest BCUT2D eigenvalue weighted by molar-refractivity contribution is 9.10. The van der Waals surface area contributed by atoms with E-state index in [1.54, 1.807) is 0 Å². The lowest BCUT2D eigenvalue weighted by Gasteiger charge is -2.30. The van der Waals surface area contributed by atoms with E-state index in [0.717, 1.165) is 41.2 Å². The molecule has 5 rings (SSSR count). The molecule has 1 aromatic heterocycles. The van der Waals surface area contributed by atoms with E-state index < -0.39 is 0 Å². The number of hydrogen-bond donors (Lipinski definition) is 1. The van der Waals surface area contributed by atoms with Crippen LogP contribution >= 0.6 is 27.5 Å². The number of anilines is 3. The smallest absolute Gasteiger partial charge is 0.229 e. The highest BCUT2D eigenvalue weighted by Gasteiger charge is 2.27. The maximum absolute atomic E-state index is 6.12. The maximum Gasteiger partial charge on any atom is 0.229 e. The molecular weight excluding hydrogens is 436 g/mol. The van der Waals surface area contributed by atoms with Crippen LogP contribution in [0.15, 0.2) is 53.0 Å². The number of nitrogens with one attached hydrogen (secondary N) is 1. The number of nitrogens with zero attached hydrogens (tertiary/aromatic N) is 3. The van der Waals surface area contributed by atoms with E-state index >= 15 is 0 Å². The number of fused-ring (bicyclic) bond motifs is 1. The first-order valence-electron chi connectivity index (χ1n) is 9.58. The van der Waals surface area contributed by atoms with Crippen LogP contribution in [0.2, 0.25) is 5.02 Å². The van der Waals surface area contributed by atoms with Gasteiger partial charge >= 0.3 is 0 Å². The standard InChI is InChI=1S/C22H20BrClN4/c23-17-7-6-16-13-28(9-8-15(16)10-17)21-12-20(14-4-5-14)26-22(27-21)25-19-3-1-2-18(24)11-19/h1-3,6-7,10-12,14H,4-5,8-9,13H2,(H,25,26,27). The summed E-state index contributed by atoms with van der Waals surface area (Å²) < 4.78 is 1.14. The van der Waals surface area contributed by atoms with Crippen molar-refractivity contribution in [3.63, 3.8) is 0 Å². The molecule has 28 heavy (non-hydrogen) atoms. The minimum Gasteiger partial charge on any atom is -0.352 e. The molecule has 2 heterocycles.